The van der Waals surface area contributed by atoms with Gasteiger partial charge in [0.1, 0.15) is 19.6 Å². The molecule has 1 aliphatic heterocycles. The van der Waals surface area contributed by atoms with Crippen LogP contribution in [-0.2, 0) is 13.1 Å². The molecular weight excluding hydrogens is 256 g/mol. The van der Waals surface area contributed by atoms with Crippen molar-refractivity contribution in [2.45, 2.75) is 32.5 Å². The second-order valence-corrected chi connectivity index (χ2v) is 6.20. The Morgan fingerprint density at radius 2 is 1.62 bits per heavy atom. The minimum atomic E-state index is 0.497. The van der Waals surface area contributed by atoms with Crippen molar-refractivity contribution in [1.82, 2.24) is 0 Å². The van der Waals surface area contributed by atoms with Crippen LogP contribution in [0.3, 0.4) is 0 Å². The third-order valence-electron chi connectivity index (χ3n) is 4.50. The summed E-state index contributed by atoms with van der Waals surface area (Å²) in [7, 11) is 0. The zero-order valence-corrected chi connectivity index (χ0v) is 12.5. The molecule has 3 rings (SSSR count). The molecule has 21 heavy (non-hydrogen) atoms. The van der Waals surface area contributed by atoms with Crippen LogP contribution in [0.25, 0.3) is 0 Å². The van der Waals surface area contributed by atoms with Crippen LogP contribution in [0.15, 0.2) is 54.6 Å². The van der Waals surface area contributed by atoms with Crippen LogP contribution >= 0.6 is 0 Å². The van der Waals surface area contributed by atoms with E-state index in [1.54, 1.807) is 0 Å². The molecule has 0 spiro atoms. The molecule has 2 nitrogen and oxygen atoms in total. The lowest BCUT2D eigenvalue weighted by Gasteiger charge is -2.21. The van der Waals surface area contributed by atoms with E-state index in [0.717, 1.165) is 24.1 Å². The first-order chi connectivity index (χ1) is 10.2. The number of aryl methyl sites for hydroxylation is 1. The maximum Gasteiger partial charge on any atom is 0.152 e. The van der Waals surface area contributed by atoms with Crippen LogP contribution in [0.2, 0.25) is 0 Å². The summed E-state index contributed by atoms with van der Waals surface area (Å²) in [5.41, 5.74) is 4.04. The van der Waals surface area contributed by atoms with Gasteiger partial charge in [0.05, 0.1) is 12.5 Å². The highest BCUT2D eigenvalue weighted by Crippen LogP contribution is 2.38. The predicted octanol–water partition coefficient (Wildman–Crippen LogP) is 3.81. The van der Waals surface area contributed by atoms with Crippen LogP contribution in [0, 0.1) is 18.3 Å². The fourth-order valence-electron chi connectivity index (χ4n) is 3.18. The Morgan fingerprint density at radius 1 is 1.00 bits per heavy atom. The zero-order chi connectivity index (χ0) is 14.7. The monoisotopic (exact) mass is 277 g/mol. The van der Waals surface area contributed by atoms with Gasteiger partial charge in [-0.1, -0.05) is 60.2 Å². The van der Waals surface area contributed by atoms with Crippen molar-refractivity contribution in [1.29, 1.82) is 5.26 Å². The molecule has 0 saturated carbocycles. The van der Waals surface area contributed by atoms with Crippen molar-refractivity contribution in [2.75, 3.05) is 6.54 Å². The van der Waals surface area contributed by atoms with Crippen LogP contribution in [0.5, 0.6) is 0 Å². The highest BCUT2D eigenvalue weighted by molar-refractivity contribution is 5.21. The number of quaternary nitrogens is 1. The van der Waals surface area contributed by atoms with Gasteiger partial charge >= 0.3 is 0 Å². The summed E-state index contributed by atoms with van der Waals surface area (Å²) >= 11 is 0. The van der Waals surface area contributed by atoms with Crippen molar-refractivity contribution >= 4 is 0 Å². The number of rotatable bonds is 5. The van der Waals surface area contributed by atoms with E-state index in [9.17, 15) is 0 Å². The van der Waals surface area contributed by atoms with Gasteiger partial charge in [0, 0.05) is 11.1 Å². The molecule has 1 aliphatic rings. The average molecular weight is 277 g/mol. The lowest BCUT2D eigenvalue weighted by Crippen LogP contribution is -2.28. The van der Waals surface area contributed by atoms with Crippen molar-refractivity contribution in [3.63, 3.8) is 0 Å². The zero-order valence-electron chi connectivity index (χ0n) is 12.5. The molecule has 0 aromatic heterocycles. The molecular formula is C19H21N2+. The molecule has 2 atom stereocenters. The molecule has 106 valence electrons. The summed E-state index contributed by atoms with van der Waals surface area (Å²) in [5.74, 6) is 0. The molecule has 0 N–H and O–H groups in total. The lowest BCUT2D eigenvalue weighted by atomic mass is 10.1. The first-order valence-electron chi connectivity index (χ1n) is 7.54. The van der Waals surface area contributed by atoms with E-state index in [1.807, 2.05) is 0 Å². The van der Waals surface area contributed by atoms with Crippen LogP contribution in [0.4, 0.5) is 0 Å². The predicted molar refractivity (Wildman–Crippen MR) is 84.2 cm³/mol. The fraction of sp³-hybridized carbons (Fsp3) is 0.316. The van der Waals surface area contributed by atoms with Crippen molar-refractivity contribution < 1.29 is 4.48 Å². The third kappa shape index (κ3) is 3.15. The van der Waals surface area contributed by atoms with Gasteiger partial charge in [-0.15, -0.1) is 0 Å². The second-order valence-electron chi connectivity index (χ2n) is 6.20. The maximum absolute atomic E-state index is 9.02. The van der Waals surface area contributed by atoms with Gasteiger partial charge in [0.2, 0.25) is 0 Å². The summed E-state index contributed by atoms with van der Waals surface area (Å²) in [5, 5.41) is 9.02. The normalized spacial score (nSPS) is 23.5. The summed E-state index contributed by atoms with van der Waals surface area (Å²) in [4.78, 5) is 0. The molecule has 1 fully saturated rings. The summed E-state index contributed by atoms with van der Waals surface area (Å²) < 4.78 is 1.03. The van der Waals surface area contributed by atoms with E-state index in [-0.39, 0.29) is 0 Å². The van der Waals surface area contributed by atoms with Gasteiger partial charge in [-0.25, -0.2) is 0 Å². The van der Waals surface area contributed by atoms with Gasteiger partial charge in [0.25, 0.3) is 0 Å². The molecule has 1 heterocycles. The number of hydrogen-bond donors (Lipinski definition) is 0. The molecule has 1 saturated heterocycles. The van der Waals surface area contributed by atoms with Gasteiger partial charge < -0.3 is 4.48 Å². The Balaban J connectivity index is 1.78. The average Bonchev–Trinajstić information content (AvgIpc) is 3.15. The number of benzene rings is 2. The molecule has 0 bridgehead atoms. The Kier molecular flexibility index (Phi) is 3.77. The topological polar surface area (TPSA) is 23.8 Å². The van der Waals surface area contributed by atoms with Crippen LogP contribution < -0.4 is 0 Å². The van der Waals surface area contributed by atoms with Gasteiger partial charge in [-0.05, 0) is 6.92 Å². The Bertz CT molecular complexity index is 640. The SMILES string of the molecule is Cc1ccc(C[N+]2(Cc3ccccc3)CC2CC#N)cc1. The highest BCUT2D eigenvalue weighted by Gasteiger charge is 2.54. The van der Waals surface area contributed by atoms with Crippen LogP contribution in [0.1, 0.15) is 23.1 Å². The molecule has 2 aromatic carbocycles. The minimum absolute atomic E-state index is 0.497. The van der Waals surface area contributed by atoms with E-state index in [4.69, 9.17) is 5.26 Å². The van der Waals surface area contributed by atoms with E-state index in [2.05, 4.69) is 67.6 Å². The minimum Gasteiger partial charge on any atom is -0.303 e. The lowest BCUT2D eigenvalue weighted by molar-refractivity contribution is -0.841. The largest absolute Gasteiger partial charge is 0.303 e. The maximum atomic E-state index is 9.02. The Labute approximate surface area is 126 Å². The molecule has 0 radical (unpaired) electrons. The van der Waals surface area contributed by atoms with Crippen molar-refractivity contribution in [2.24, 2.45) is 0 Å². The Morgan fingerprint density at radius 3 is 2.24 bits per heavy atom. The van der Waals surface area contributed by atoms with Crippen molar-refractivity contribution in [3.05, 3.63) is 71.3 Å². The van der Waals surface area contributed by atoms with E-state index < -0.39 is 0 Å². The van der Waals surface area contributed by atoms with Gasteiger partial charge in [-0.2, -0.15) is 5.26 Å². The number of nitrogens with zero attached hydrogens (tertiary/aromatic N) is 2. The number of hydrogen-bond acceptors (Lipinski definition) is 1. The standard InChI is InChI=1S/C19H21N2/c1-16-7-9-18(10-8-16)14-21(15-19(21)11-12-20)13-17-5-3-2-4-6-17/h2-10,19H,11,13-15H2,1H3/q+1. The quantitative estimate of drug-likeness (QED) is 0.602. The van der Waals surface area contributed by atoms with Gasteiger partial charge in [0.15, 0.2) is 6.04 Å². The Hall–Kier alpha value is -2.11. The first kappa shape index (κ1) is 13.9. The number of nitriles is 1. The molecule has 0 amide bonds. The fourth-order valence-corrected chi connectivity index (χ4v) is 3.18. The van der Waals surface area contributed by atoms with Crippen molar-refractivity contribution in [3.8, 4) is 6.07 Å². The van der Waals surface area contributed by atoms with E-state index in [0.29, 0.717) is 12.5 Å². The van der Waals surface area contributed by atoms with Gasteiger partial charge in [-0.3, -0.25) is 0 Å². The summed E-state index contributed by atoms with van der Waals surface area (Å²) in [6.45, 7) is 5.30. The van der Waals surface area contributed by atoms with Crippen LogP contribution in [-0.4, -0.2) is 17.1 Å². The molecule has 0 aliphatic carbocycles. The molecule has 2 heteroatoms. The van der Waals surface area contributed by atoms with E-state index in [1.165, 1.54) is 16.7 Å². The summed E-state index contributed by atoms with van der Waals surface area (Å²) in [6, 6.07) is 22.3. The first-order valence-corrected chi connectivity index (χ1v) is 7.54. The molecule has 2 aromatic rings. The van der Waals surface area contributed by atoms with E-state index >= 15 is 0 Å². The third-order valence-corrected chi connectivity index (χ3v) is 4.50. The smallest absolute Gasteiger partial charge is 0.152 e. The molecule has 2 unspecified atom stereocenters. The highest BCUT2D eigenvalue weighted by atomic mass is 15.5. The summed E-state index contributed by atoms with van der Waals surface area (Å²) in [6.07, 6.45) is 0.665. The second kappa shape index (κ2) is 5.71.